The quantitative estimate of drug-likeness (QED) is 0.577. The van der Waals surface area contributed by atoms with E-state index in [1.54, 1.807) is 18.3 Å². The Labute approximate surface area is 180 Å². The summed E-state index contributed by atoms with van der Waals surface area (Å²) in [6.07, 6.45) is 2.27. The van der Waals surface area contributed by atoms with Crippen molar-refractivity contribution in [3.63, 3.8) is 0 Å². The van der Waals surface area contributed by atoms with E-state index in [-0.39, 0.29) is 12.4 Å². The summed E-state index contributed by atoms with van der Waals surface area (Å²) >= 11 is 0. The monoisotopic (exact) mass is 429 g/mol. The van der Waals surface area contributed by atoms with Gasteiger partial charge in [-0.3, -0.25) is 9.29 Å². The van der Waals surface area contributed by atoms with Crippen molar-refractivity contribution in [1.29, 1.82) is 0 Å². The lowest BCUT2D eigenvalue weighted by molar-refractivity contribution is -0.00000831. The Balaban J connectivity index is 0.00000300. The van der Waals surface area contributed by atoms with Gasteiger partial charge >= 0.3 is 0 Å². The molecule has 0 aliphatic rings. The zero-order valence-corrected chi connectivity index (χ0v) is 18.5. The molecule has 1 heterocycles. The van der Waals surface area contributed by atoms with Crippen LogP contribution >= 0.6 is 0 Å². The predicted molar refractivity (Wildman–Crippen MR) is 114 cm³/mol. The Morgan fingerprint density at radius 2 is 1.59 bits per heavy atom. The number of sulfonamides is 1. The second-order valence-corrected chi connectivity index (χ2v) is 9.07. The van der Waals surface area contributed by atoms with Crippen molar-refractivity contribution in [2.24, 2.45) is 0 Å². The number of benzene rings is 2. The first kappa shape index (κ1) is 22.9. The molecule has 0 amide bonds. The highest BCUT2D eigenvalue weighted by Gasteiger charge is 2.25. The first-order valence-electron chi connectivity index (χ1n) is 9.47. The fraction of sp³-hybridized carbons (Fsp3) is 0.261. The molecular weight excluding hydrogens is 404 g/mol. The van der Waals surface area contributed by atoms with Gasteiger partial charge in [-0.25, -0.2) is 8.42 Å². The Kier molecular flexibility index (Phi) is 7.82. The molecule has 0 aliphatic carbocycles. The molecule has 2 aromatic carbocycles. The number of nitrogens with zero attached hydrogens (tertiary/aromatic N) is 2. The number of halogens is 1. The molecule has 4 nitrogen and oxygen atoms in total. The molecule has 1 aromatic heterocycles. The van der Waals surface area contributed by atoms with E-state index in [9.17, 15) is 8.42 Å². The molecule has 0 radical (unpaired) electrons. The molecule has 6 heteroatoms. The van der Waals surface area contributed by atoms with Gasteiger partial charge in [0, 0.05) is 24.9 Å². The Morgan fingerprint density at radius 1 is 0.931 bits per heavy atom. The van der Waals surface area contributed by atoms with Crippen LogP contribution in [0.1, 0.15) is 36.6 Å². The number of aryl methyl sites for hydroxylation is 1. The van der Waals surface area contributed by atoms with Gasteiger partial charge in [-0.1, -0.05) is 49.7 Å². The summed E-state index contributed by atoms with van der Waals surface area (Å²) in [5.41, 5.74) is 3.74. The van der Waals surface area contributed by atoms with E-state index in [0.717, 1.165) is 11.3 Å². The van der Waals surface area contributed by atoms with Gasteiger partial charge in [-0.2, -0.15) is 0 Å². The van der Waals surface area contributed by atoms with Crippen LogP contribution in [-0.4, -0.2) is 19.9 Å². The summed E-state index contributed by atoms with van der Waals surface area (Å²) in [4.78, 5) is 4.62. The second-order valence-electron chi connectivity index (χ2n) is 7.21. The van der Waals surface area contributed by atoms with Gasteiger partial charge in [0.2, 0.25) is 0 Å². The Hall–Kier alpha value is -2.37. The third kappa shape index (κ3) is 5.58. The molecule has 0 unspecified atom stereocenters. The molecular formula is C23H26ClN2O2S-. The zero-order valence-electron chi connectivity index (χ0n) is 16.9. The number of aromatic nitrogens is 1. The van der Waals surface area contributed by atoms with Crippen LogP contribution in [0.2, 0.25) is 0 Å². The van der Waals surface area contributed by atoms with Crippen LogP contribution in [0, 0.1) is 6.92 Å². The first-order valence-corrected chi connectivity index (χ1v) is 10.9. The van der Waals surface area contributed by atoms with E-state index in [0.29, 0.717) is 29.5 Å². The van der Waals surface area contributed by atoms with Crippen molar-refractivity contribution in [2.75, 3.05) is 10.8 Å². The van der Waals surface area contributed by atoms with Gasteiger partial charge in [-0.05, 0) is 54.8 Å². The minimum atomic E-state index is -3.67. The Bertz CT molecular complexity index is 1000. The Morgan fingerprint density at radius 3 is 2.14 bits per heavy atom. The van der Waals surface area contributed by atoms with Crippen LogP contribution in [0.25, 0.3) is 0 Å². The van der Waals surface area contributed by atoms with E-state index in [4.69, 9.17) is 0 Å². The molecule has 0 atom stereocenters. The zero-order chi connectivity index (χ0) is 20.1. The van der Waals surface area contributed by atoms with Crippen molar-refractivity contribution in [3.05, 3.63) is 89.7 Å². The first-order chi connectivity index (χ1) is 13.4. The molecule has 0 bridgehead atoms. The lowest BCUT2D eigenvalue weighted by Crippen LogP contribution is -3.00. The summed E-state index contributed by atoms with van der Waals surface area (Å²) in [7, 11) is -3.67. The van der Waals surface area contributed by atoms with Crippen LogP contribution in [0.5, 0.6) is 0 Å². The molecule has 0 saturated carbocycles. The number of anilines is 1. The highest BCUT2D eigenvalue weighted by atomic mass is 35.5. The van der Waals surface area contributed by atoms with Crippen molar-refractivity contribution in [1.82, 2.24) is 4.98 Å². The maximum Gasteiger partial charge on any atom is 0.264 e. The van der Waals surface area contributed by atoms with Crippen LogP contribution in [0.15, 0.2) is 77.8 Å². The third-order valence-corrected chi connectivity index (χ3v) is 6.60. The molecule has 0 saturated heterocycles. The summed E-state index contributed by atoms with van der Waals surface area (Å²) in [5, 5.41) is 0. The molecule has 0 fully saturated rings. The molecule has 0 aliphatic heterocycles. The van der Waals surface area contributed by atoms with Crippen molar-refractivity contribution in [3.8, 4) is 0 Å². The molecule has 0 spiro atoms. The fourth-order valence-electron chi connectivity index (χ4n) is 3.01. The standard InChI is InChI=1S/C23H26N2O2S.ClH/c1-18(2)20-9-11-22(12-10-20)25(17-15-21-6-4-5-16-24-21)28(26,27)23-13-7-19(3)8-14-23;/h4-14,16,18H,15,17H2,1-3H3;1H/p-1. The van der Waals surface area contributed by atoms with E-state index in [1.807, 2.05) is 61.5 Å². The smallest absolute Gasteiger partial charge is 0.264 e. The average Bonchev–Trinajstić information content (AvgIpc) is 2.69. The maximum absolute atomic E-state index is 13.4. The summed E-state index contributed by atoms with van der Waals surface area (Å²) in [6, 6.07) is 20.4. The van der Waals surface area contributed by atoms with Gasteiger partial charge in [0.1, 0.15) is 0 Å². The highest BCUT2D eigenvalue weighted by molar-refractivity contribution is 7.92. The van der Waals surface area contributed by atoms with Crippen molar-refractivity contribution < 1.29 is 20.8 Å². The minimum Gasteiger partial charge on any atom is -1.00 e. The van der Waals surface area contributed by atoms with E-state index in [2.05, 4.69) is 18.8 Å². The van der Waals surface area contributed by atoms with E-state index >= 15 is 0 Å². The molecule has 3 aromatic rings. The van der Waals surface area contributed by atoms with Crippen molar-refractivity contribution >= 4 is 15.7 Å². The molecule has 0 N–H and O–H groups in total. The van der Waals surface area contributed by atoms with Crippen LogP contribution in [0.4, 0.5) is 5.69 Å². The largest absolute Gasteiger partial charge is 1.00 e. The fourth-order valence-corrected chi connectivity index (χ4v) is 4.48. The number of rotatable bonds is 7. The number of hydrogen-bond donors (Lipinski definition) is 0. The van der Waals surface area contributed by atoms with Crippen LogP contribution in [-0.2, 0) is 16.4 Å². The minimum absolute atomic E-state index is 0. The van der Waals surface area contributed by atoms with Crippen LogP contribution < -0.4 is 16.7 Å². The van der Waals surface area contributed by atoms with E-state index < -0.39 is 10.0 Å². The average molecular weight is 430 g/mol. The van der Waals surface area contributed by atoms with Gasteiger partial charge in [-0.15, -0.1) is 0 Å². The predicted octanol–water partition coefficient (Wildman–Crippen LogP) is 1.96. The van der Waals surface area contributed by atoms with E-state index in [1.165, 1.54) is 9.87 Å². The lowest BCUT2D eigenvalue weighted by atomic mass is 10.0. The molecule has 154 valence electrons. The van der Waals surface area contributed by atoms with Gasteiger partial charge in [0.05, 0.1) is 10.6 Å². The molecule has 29 heavy (non-hydrogen) atoms. The van der Waals surface area contributed by atoms with Gasteiger partial charge in [0.15, 0.2) is 0 Å². The topological polar surface area (TPSA) is 50.3 Å². The maximum atomic E-state index is 13.4. The lowest BCUT2D eigenvalue weighted by Gasteiger charge is -2.25. The van der Waals surface area contributed by atoms with Crippen LogP contribution in [0.3, 0.4) is 0 Å². The van der Waals surface area contributed by atoms with Crippen molar-refractivity contribution in [2.45, 2.75) is 38.0 Å². The summed E-state index contributed by atoms with van der Waals surface area (Å²) in [5.74, 6) is 0.393. The summed E-state index contributed by atoms with van der Waals surface area (Å²) < 4.78 is 28.3. The van der Waals surface area contributed by atoms with Gasteiger partial charge < -0.3 is 12.4 Å². The third-order valence-electron chi connectivity index (χ3n) is 4.75. The number of pyridine rings is 1. The molecule has 3 rings (SSSR count). The highest BCUT2D eigenvalue weighted by Crippen LogP contribution is 2.26. The SMILES string of the molecule is Cc1ccc(S(=O)(=O)N(CCc2ccccn2)c2ccc(C(C)C)cc2)cc1.[Cl-]. The normalized spacial score (nSPS) is 11.2. The second kappa shape index (κ2) is 9.90. The number of hydrogen-bond acceptors (Lipinski definition) is 3. The summed E-state index contributed by atoms with van der Waals surface area (Å²) in [6.45, 7) is 6.52. The van der Waals surface area contributed by atoms with Gasteiger partial charge in [0.25, 0.3) is 10.0 Å².